The maximum atomic E-state index is 16.2. The number of primary amides is 2. The van der Waals surface area contributed by atoms with Gasteiger partial charge in [0.25, 0.3) is 0 Å². The zero-order valence-electron chi connectivity index (χ0n) is 82.4. The van der Waals surface area contributed by atoms with Crippen LogP contribution in [0.15, 0.2) is 109 Å². The van der Waals surface area contributed by atoms with Crippen molar-refractivity contribution >= 4 is 153 Å². The molecule has 7 heterocycles. The molecule has 21 N–H and O–H groups in total. The van der Waals surface area contributed by atoms with Crippen LogP contribution in [0.4, 0.5) is 0 Å². The normalized spacial score (nSPS) is 24.9. The summed E-state index contributed by atoms with van der Waals surface area (Å²) >= 11 is 0.788. The molecule has 143 heavy (non-hydrogen) atoms. The van der Waals surface area contributed by atoms with Crippen LogP contribution in [0.2, 0.25) is 0 Å². The van der Waals surface area contributed by atoms with Gasteiger partial charge in [-0.05, 0) is 122 Å². The number of phenols is 1. The third-order valence-electron chi connectivity index (χ3n) is 26.0. The number of nitrogens with two attached hydrogens (primary N) is 3. The molecule has 0 spiro atoms. The first-order valence-electron chi connectivity index (χ1n) is 48.6. The number of rotatable bonds is 21. The van der Waals surface area contributed by atoms with Gasteiger partial charge < -0.3 is 130 Å². The van der Waals surface area contributed by atoms with E-state index < -0.39 is 267 Å². The number of aliphatic hydroxyl groups is 1. The summed E-state index contributed by atoms with van der Waals surface area (Å²) < 4.78 is 7.23. The lowest BCUT2D eigenvalue weighted by atomic mass is 9.79. The fraction of sp³-hybridized carbons (Fsp3) is 0.531. The van der Waals surface area contributed by atoms with E-state index in [4.69, 9.17) is 21.9 Å². The minimum Gasteiger partial charge on any atom is -0.508 e. The summed E-state index contributed by atoms with van der Waals surface area (Å²) in [6, 6.07) is 3.68. The monoisotopic (exact) mass is 2000 g/mol. The highest BCUT2D eigenvalue weighted by atomic mass is 32.2. The summed E-state index contributed by atoms with van der Waals surface area (Å²) in [4.78, 5) is 277. The molecule has 6 aromatic rings. The Morgan fingerprint density at radius 3 is 1.90 bits per heavy atom. The molecule has 6 bridgehead atoms. The summed E-state index contributed by atoms with van der Waals surface area (Å²) in [6.45, 7) is 9.18. The number of aromatic amines is 1. The maximum Gasteiger partial charge on any atom is 0.561 e. The molecule has 0 radical (unpaired) electrons. The van der Waals surface area contributed by atoms with E-state index in [0.29, 0.717) is 69.7 Å². The van der Waals surface area contributed by atoms with Gasteiger partial charge in [0.05, 0.1) is 24.8 Å². The van der Waals surface area contributed by atoms with Crippen LogP contribution in [0.3, 0.4) is 0 Å². The Balaban J connectivity index is 1.11. The second kappa shape index (κ2) is 52.5. The molecule has 11 rings (SSSR count). The Bertz CT molecular complexity index is 5590. The smallest absolute Gasteiger partial charge is 0.508 e. The number of H-pyrrole nitrogens is 1. The SMILES string of the molecule is CCCC[C@H]1C(=O)N(C)[C@@H](CCCC)C(=O)N[C@@H](CC(C)C)C(=O)N[C@H](C(=O)NCC(N)=O)CSCC(=O)N[C@@H](Cc2ccc(O)cc2)C(=O)N(C)[C@@H](C)C(=O)N[C@@H](CC(N)=O)C(=O)N2CCC[C@H]2C(=O)N[C@H]2CNCc3cccc(c3)B(O)OC(=O)Cn3cc(c4ccccc43)C[C@H](NC(=O)[C@H](CCN)NC(=O)[C@H](Cc3c[nH]c4ccccc34)NC(=O)[C@@H]3C[C@@H](O)CN3C(=O)[C@H](CC(C)C)NC2=O)C(=O)N1C. The lowest BCUT2D eigenvalue weighted by Crippen LogP contribution is -2.62. The quantitative estimate of drug-likeness (QED) is 0.0267. The van der Waals surface area contributed by atoms with E-state index in [1.165, 1.54) is 73.9 Å². The van der Waals surface area contributed by atoms with Crippen molar-refractivity contribution < 1.29 is 106 Å². The average molecular weight is 2000 g/mol. The van der Waals surface area contributed by atoms with Crippen molar-refractivity contribution in [3.63, 3.8) is 0 Å². The number of nitrogens with one attached hydrogen (secondary N) is 12. The minimum absolute atomic E-state index is 0.00634. The van der Waals surface area contributed by atoms with Crippen molar-refractivity contribution in [3.05, 3.63) is 132 Å². The van der Waals surface area contributed by atoms with Gasteiger partial charge in [0.1, 0.15) is 96.9 Å². The number of aromatic nitrogens is 2. The second-order valence-corrected chi connectivity index (χ2v) is 38.9. The number of thioether (sulfide) groups is 1. The topological polar surface area (TPSA) is 624 Å². The fourth-order valence-corrected chi connectivity index (χ4v) is 19.1. The number of phenolic OH excluding ortho intramolecular Hbond substituents is 1. The van der Waals surface area contributed by atoms with E-state index >= 15 is 47.9 Å². The predicted octanol–water partition coefficient (Wildman–Crippen LogP) is -2.25. The number of aromatic hydroxyl groups is 1. The summed E-state index contributed by atoms with van der Waals surface area (Å²) in [7, 11) is 2.00. The number of carbonyl (C=O) groups is 18. The molecule has 45 heteroatoms. The van der Waals surface area contributed by atoms with Gasteiger partial charge in [0.2, 0.25) is 100 Å². The van der Waals surface area contributed by atoms with E-state index in [-0.39, 0.29) is 94.6 Å². The van der Waals surface area contributed by atoms with E-state index in [2.05, 4.69) is 63.5 Å². The van der Waals surface area contributed by atoms with Crippen molar-refractivity contribution in [1.29, 1.82) is 0 Å². The molecular weight excluding hydrogens is 1870 g/mol. The number of para-hydroxylation sites is 2. The molecule has 5 aliphatic rings. The number of hydrogen-bond acceptors (Lipinski definition) is 25. The van der Waals surface area contributed by atoms with Crippen LogP contribution in [-0.2, 0) is 123 Å². The first-order chi connectivity index (χ1) is 68.1. The Morgan fingerprint density at radius 2 is 1.21 bits per heavy atom. The van der Waals surface area contributed by atoms with E-state index in [9.17, 15) is 53.6 Å². The molecule has 774 valence electrons. The molecule has 17 amide bonds. The van der Waals surface area contributed by atoms with Crippen LogP contribution >= 0.6 is 11.8 Å². The van der Waals surface area contributed by atoms with Crippen LogP contribution in [0.5, 0.6) is 5.75 Å². The molecule has 0 aliphatic carbocycles. The van der Waals surface area contributed by atoms with Crippen LogP contribution in [0, 0.1) is 11.8 Å². The number of carbonyl (C=O) groups excluding carboxylic acids is 18. The molecule has 5 aliphatic heterocycles. The Kier molecular flexibility index (Phi) is 40.9. The number of hydrogen-bond donors (Lipinski definition) is 18. The van der Waals surface area contributed by atoms with Crippen molar-refractivity contribution in [2.75, 3.05) is 65.4 Å². The van der Waals surface area contributed by atoms with Crippen LogP contribution in [-0.4, -0.2) is 319 Å². The third-order valence-corrected chi connectivity index (χ3v) is 27.0. The molecule has 0 unspecified atom stereocenters. The van der Waals surface area contributed by atoms with Crippen LogP contribution in [0.25, 0.3) is 21.8 Å². The van der Waals surface area contributed by atoms with Gasteiger partial charge in [-0.25, -0.2) is 0 Å². The van der Waals surface area contributed by atoms with Gasteiger partial charge in [0, 0.05) is 113 Å². The number of amides is 17. The number of fused-ring (bicyclic) bond motifs is 42. The van der Waals surface area contributed by atoms with Crippen LogP contribution < -0.4 is 81.1 Å². The van der Waals surface area contributed by atoms with Gasteiger partial charge in [-0.15, -0.1) is 11.8 Å². The van der Waals surface area contributed by atoms with Gasteiger partial charge in [0.15, 0.2) is 0 Å². The van der Waals surface area contributed by atoms with E-state index in [1.807, 2.05) is 13.8 Å². The fourth-order valence-electron chi connectivity index (χ4n) is 18.2. The van der Waals surface area contributed by atoms with Crippen molar-refractivity contribution in [2.24, 2.45) is 29.0 Å². The highest BCUT2D eigenvalue weighted by Gasteiger charge is 2.47. The Morgan fingerprint density at radius 1 is 0.594 bits per heavy atom. The molecule has 3 saturated heterocycles. The van der Waals surface area contributed by atoms with Gasteiger partial charge in [-0.1, -0.05) is 140 Å². The number of nitrogens with zero attached hydrogens (tertiary/aromatic N) is 6. The Labute approximate surface area is 833 Å². The molecule has 4 aromatic carbocycles. The lowest BCUT2D eigenvalue weighted by Gasteiger charge is -2.36. The molecule has 3 fully saturated rings. The summed E-state index contributed by atoms with van der Waals surface area (Å²) in [6.07, 6.45) is 0.711. The molecule has 2 aromatic heterocycles. The van der Waals surface area contributed by atoms with Gasteiger partial charge >= 0.3 is 13.1 Å². The molecule has 0 saturated carbocycles. The third kappa shape index (κ3) is 30.5. The molecule has 15 atom stereocenters. The summed E-state index contributed by atoms with van der Waals surface area (Å²) in [5.41, 5.74) is 20.3. The zero-order valence-corrected chi connectivity index (χ0v) is 83.2. The molecule has 43 nitrogen and oxygen atoms in total. The van der Waals surface area contributed by atoms with Gasteiger partial charge in [-0.3, -0.25) is 86.3 Å². The largest absolute Gasteiger partial charge is 0.561 e. The van der Waals surface area contributed by atoms with E-state index in [0.717, 1.165) is 31.4 Å². The number of likely N-dealkylation sites (N-methyl/N-ethyl adjacent to an activating group) is 3. The number of aliphatic hydroxyl groups excluding tert-OH is 1. The predicted molar refractivity (Wildman–Crippen MR) is 530 cm³/mol. The van der Waals surface area contributed by atoms with Gasteiger partial charge in [-0.2, -0.15) is 0 Å². The van der Waals surface area contributed by atoms with Crippen molar-refractivity contribution in [2.45, 2.75) is 255 Å². The van der Waals surface area contributed by atoms with E-state index in [1.54, 1.807) is 101 Å². The summed E-state index contributed by atoms with van der Waals surface area (Å²) in [5, 5.41) is 65.0. The minimum atomic E-state index is -1.93. The second-order valence-electron chi connectivity index (χ2n) is 37.9. The maximum absolute atomic E-state index is 16.2. The average Bonchev–Trinajstić information content (AvgIpc) is 1.64. The first kappa shape index (κ1) is 111. The first-order valence-corrected chi connectivity index (χ1v) is 49.7. The zero-order chi connectivity index (χ0) is 104. The summed E-state index contributed by atoms with van der Waals surface area (Å²) in [5.74, 6) is -18.7. The number of benzene rings is 4. The van der Waals surface area contributed by atoms with Crippen molar-refractivity contribution in [3.8, 4) is 5.75 Å². The number of unbranched alkanes of at least 4 members (excludes halogenated alkanes) is 2. The Hall–Kier alpha value is -13.5. The molecular formula is C98H136BN21O22S. The van der Waals surface area contributed by atoms with Crippen LogP contribution in [0.1, 0.15) is 154 Å². The highest BCUT2D eigenvalue weighted by Crippen LogP contribution is 2.30. The lowest BCUT2D eigenvalue weighted by molar-refractivity contribution is -0.149. The van der Waals surface area contributed by atoms with Crippen molar-refractivity contribution in [1.82, 2.24) is 92.5 Å². The standard InChI is InChI=1S/C98H136BN21O22S/c1-11-13-26-77-91(133)108-68(37-54(3)4)88(130)114-75(86(128)105-48-82(102)124)52-143-53-83(125)106-71(40-57-30-32-62(121)33-31-57)94(136)115(8)56(7)85(127)110-73(44-81(101)123)96(138)119-36-20-29-78(119)92(134)113-74-47-103-45-58-21-19-22-61(39-58)99(141)142-84(126)51-118-49-60(65-24-16-18-28-76(65)118)42-72(95(137)117(10)79(27-14-12-2)98(140)116(77)9)112-87(129)67(34-35-100)107-89(131)69(41-59-46-104-66-25-17-15-23-64(59)66)109-93(135)80-43-63(122)50-120(80)97(139)70(38-55(5)6)111-90(74)132/h15-19,21-25,28,30-33,39,46,49,54-56,63,67-75,77-80,103-104,121-122,141H,11-14,20,26-27,29,34-38,40-45,47-48,50-53,100H2,1-10H3,(H2,101,123)(H2,102,124)(H,105,128)(H,106,125)(H,107,131)(H,108,133)(H,109,135)(H,110,127)(H,111,132)(H,112,129)(H,113,134)(H,114,130)/t56-,63+,67-,68-,69-,70-,71-,72-,73-,74-,75-,77-,78-,79-,80-/m0/s1. The highest BCUT2D eigenvalue weighted by molar-refractivity contribution is 8.00.